The molecule has 0 aliphatic rings. The van der Waals surface area contributed by atoms with Crippen molar-refractivity contribution >= 4 is 10.1 Å². The Morgan fingerprint density at radius 2 is 1.50 bits per heavy atom. The quantitative estimate of drug-likeness (QED) is 0.487. The third kappa shape index (κ3) is 7.59. The zero-order valence-corrected chi connectivity index (χ0v) is 14.5. The van der Waals surface area contributed by atoms with Crippen molar-refractivity contribution in [1.29, 1.82) is 0 Å². The van der Waals surface area contributed by atoms with E-state index in [1.807, 2.05) is 30.3 Å². The molecule has 0 atom stereocenters. The fourth-order valence-corrected chi connectivity index (χ4v) is 2.32. The van der Waals surface area contributed by atoms with Gasteiger partial charge in [0.25, 0.3) is 10.1 Å². The number of hydrogen-bond acceptors (Lipinski definition) is 5. The minimum Gasteiger partial charge on any atom is -0.494 e. The highest BCUT2D eigenvalue weighted by molar-refractivity contribution is 7.85. The lowest BCUT2D eigenvalue weighted by atomic mass is 10.2. The van der Waals surface area contributed by atoms with Crippen molar-refractivity contribution in [1.82, 2.24) is 0 Å². The Morgan fingerprint density at radius 3 is 2.17 bits per heavy atom. The van der Waals surface area contributed by atoms with Crippen LogP contribution in [0.15, 0.2) is 54.6 Å². The molecular weight excluding hydrogens is 328 g/mol. The van der Waals surface area contributed by atoms with Crippen LogP contribution in [0.5, 0.6) is 5.75 Å². The van der Waals surface area contributed by atoms with Crippen LogP contribution in [-0.2, 0) is 32.3 Å². The second-order valence-electron chi connectivity index (χ2n) is 5.35. The number of hydrogen-bond donors (Lipinski definition) is 0. The summed E-state index contributed by atoms with van der Waals surface area (Å²) in [6, 6.07) is 17.2. The Morgan fingerprint density at radius 1 is 0.833 bits per heavy atom. The van der Waals surface area contributed by atoms with Gasteiger partial charge in [0.05, 0.1) is 32.7 Å². The highest BCUT2D eigenvalue weighted by atomic mass is 32.2. The summed E-state index contributed by atoms with van der Waals surface area (Å²) in [5, 5.41) is 0. The Kier molecular flexibility index (Phi) is 7.24. The van der Waals surface area contributed by atoms with Crippen LogP contribution in [0.3, 0.4) is 0 Å². The summed E-state index contributed by atoms with van der Waals surface area (Å²) >= 11 is 0. The summed E-state index contributed by atoms with van der Waals surface area (Å²) in [6.07, 6.45) is 1.83. The summed E-state index contributed by atoms with van der Waals surface area (Å²) < 4.78 is 37.8. The lowest BCUT2D eigenvalue weighted by Gasteiger charge is -2.08. The molecule has 0 saturated carbocycles. The van der Waals surface area contributed by atoms with E-state index in [1.54, 1.807) is 24.3 Å². The molecule has 0 heterocycles. The van der Waals surface area contributed by atoms with Crippen molar-refractivity contribution < 1.29 is 22.1 Å². The zero-order valence-electron chi connectivity index (χ0n) is 13.7. The normalized spacial score (nSPS) is 11.4. The zero-order chi connectivity index (χ0) is 17.3. The molecule has 2 aromatic rings. The summed E-state index contributed by atoms with van der Waals surface area (Å²) in [5.74, 6) is 0.737. The van der Waals surface area contributed by atoms with Gasteiger partial charge >= 0.3 is 0 Å². The summed E-state index contributed by atoms with van der Waals surface area (Å²) in [5.41, 5.74) is 1.93. The summed E-state index contributed by atoms with van der Waals surface area (Å²) in [4.78, 5) is 0. The lowest BCUT2D eigenvalue weighted by Crippen LogP contribution is -2.04. The first kappa shape index (κ1) is 18.4. The van der Waals surface area contributed by atoms with Gasteiger partial charge in [0.1, 0.15) is 5.75 Å². The van der Waals surface area contributed by atoms with E-state index in [1.165, 1.54) is 0 Å². The fraction of sp³-hybridized carbons (Fsp3) is 0.333. The SMILES string of the molecule is CS(=O)(=O)OCc1ccc(OCCCOCc2ccccc2)cc1. The van der Waals surface area contributed by atoms with Crippen LogP contribution in [0, 0.1) is 0 Å². The highest BCUT2D eigenvalue weighted by Crippen LogP contribution is 2.13. The molecule has 0 aliphatic heterocycles. The maximum atomic E-state index is 10.9. The summed E-state index contributed by atoms with van der Waals surface area (Å²) in [6.45, 7) is 1.84. The molecule has 0 radical (unpaired) electrons. The van der Waals surface area contributed by atoms with E-state index in [2.05, 4.69) is 0 Å². The maximum Gasteiger partial charge on any atom is 0.264 e. The largest absolute Gasteiger partial charge is 0.494 e. The van der Waals surface area contributed by atoms with Crippen LogP contribution in [-0.4, -0.2) is 27.9 Å². The molecule has 2 aromatic carbocycles. The van der Waals surface area contributed by atoms with E-state index < -0.39 is 10.1 Å². The van der Waals surface area contributed by atoms with Gasteiger partial charge in [0.2, 0.25) is 0 Å². The average molecular weight is 350 g/mol. The highest BCUT2D eigenvalue weighted by Gasteiger charge is 2.03. The molecule has 2 rings (SSSR count). The number of rotatable bonds is 10. The van der Waals surface area contributed by atoms with Crippen LogP contribution in [0.2, 0.25) is 0 Å². The van der Waals surface area contributed by atoms with Crippen molar-refractivity contribution in [2.45, 2.75) is 19.6 Å². The van der Waals surface area contributed by atoms with Gasteiger partial charge in [-0.2, -0.15) is 8.42 Å². The van der Waals surface area contributed by atoms with E-state index in [0.717, 1.165) is 29.6 Å². The van der Waals surface area contributed by atoms with E-state index in [0.29, 0.717) is 19.8 Å². The first-order valence-corrected chi connectivity index (χ1v) is 9.52. The second kappa shape index (κ2) is 9.42. The molecule has 5 nitrogen and oxygen atoms in total. The first-order valence-electron chi connectivity index (χ1n) is 7.71. The van der Waals surface area contributed by atoms with Gasteiger partial charge in [-0.15, -0.1) is 0 Å². The molecule has 0 unspecified atom stereocenters. The molecule has 0 aliphatic carbocycles. The third-order valence-corrected chi connectivity index (χ3v) is 3.72. The maximum absolute atomic E-state index is 10.9. The first-order chi connectivity index (χ1) is 11.5. The summed E-state index contributed by atoms with van der Waals surface area (Å²) in [7, 11) is -3.42. The van der Waals surface area contributed by atoms with Gasteiger partial charge in [-0.3, -0.25) is 4.18 Å². The van der Waals surface area contributed by atoms with Crippen molar-refractivity contribution in [3.05, 3.63) is 65.7 Å². The van der Waals surface area contributed by atoms with Crippen LogP contribution in [0.25, 0.3) is 0 Å². The van der Waals surface area contributed by atoms with Gasteiger partial charge in [-0.05, 0) is 23.3 Å². The molecule has 6 heteroatoms. The molecule has 0 spiro atoms. The van der Waals surface area contributed by atoms with Crippen LogP contribution in [0.1, 0.15) is 17.5 Å². The Hall–Kier alpha value is -1.89. The standard InChI is InChI=1S/C18H22O5S/c1-24(19,20)23-15-17-8-10-18(11-9-17)22-13-5-12-21-14-16-6-3-2-4-7-16/h2-4,6-11H,5,12-15H2,1H3. The predicted octanol–water partition coefficient (Wildman–Crippen LogP) is 3.15. The molecule has 0 amide bonds. The molecular formula is C18H22O5S. The van der Waals surface area contributed by atoms with Gasteiger partial charge in [-0.25, -0.2) is 0 Å². The Balaban J connectivity index is 1.60. The minimum absolute atomic E-state index is 0.0342. The van der Waals surface area contributed by atoms with E-state index in [4.69, 9.17) is 13.7 Å². The molecule has 0 aromatic heterocycles. The Bertz CT molecular complexity index is 696. The second-order valence-corrected chi connectivity index (χ2v) is 6.99. The average Bonchev–Trinajstić information content (AvgIpc) is 2.57. The van der Waals surface area contributed by atoms with Gasteiger partial charge in [0.15, 0.2) is 0 Å². The van der Waals surface area contributed by atoms with Crippen LogP contribution >= 0.6 is 0 Å². The van der Waals surface area contributed by atoms with Gasteiger partial charge in [-0.1, -0.05) is 42.5 Å². The van der Waals surface area contributed by atoms with E-state index in [-0.39, 0.29) is 6.61 Å². The fourth-order valence-electron chi connectivity index (χ4n) is 1.97. The third-order valence-electron chi connectivity index (χ3n) is 3.18. The van der Waals surface area contributed by atoms with Gasteiger partial charge in [0, 0.05) is 6.42 Å². The lowest BCUT2D eigenvalue weighted by molar-refractivity contribution is 0.107. The molecule has 0 saturated heterocycles. The monoisotopic (exact) mass is 350 g/mol. The predicted molar refractivity (Wildman–Crippen MR) is 92.3 cm³/mol. The van der Waals surface area contributed by atoms with Crippen LogP contribution in [0.4, 0.5) is 0 Å². The van der Waals surface area contributed by atoms with Crippen LogP contribution < -0.4 is 4.74 Å². The topological polar surface area (TPSA) is 61.8 Å². The molecule has 0 fully saturated rings. The Labute approximate surface area is 143 Å². The van der Waals surface area contributed by atoms with Gasteiger partial charge < -0.3 is 9.47 Å². The number of ether oxygens (including phenoxy) is 2. The van der Waals surface area contributed by atoms with Crippen molar-refractivity contribution in [2.24, 2.45) is 0 Å². The number of benzene rings is 2. The molecule has 24 heavy (non-hydrogen) atoms. The van der Waals surface area contributed by atoms with E-state index >= 15 is 0 Å². The molecule has 0 N–H and O–H groups in total. The van der Waals surface area contributed by atoms with Crippen molar-refractivity contribution in [3.63, 3.8) is 0 Å². The minimum atomic E-state index is -3.42. The van der Waals surface area contributed by atoms with Crippen molar-refractivity contribution in [3.8, 4) is 5.75 Å². The molecule has 130 valence electrons. The molecule has 0 bridgehead atoms. The smallest absolute Gasteiger partial charge is 0.264 e. The van der Waals surface area contributed by atoms with Crippen molar-refractivity contribution in [2.75, 3.05) is 19.5 Å². The van der Waals surface area contributed by atoms with E-state index in [9.17, 15) is 8.42 Å².